The zero-order valence-corrected chi connectivity index (χ0v) is 14.5. The molecule has 0 fully saturated rings. The van der Waals surface area contributed by atoms with Gasteiger partial charge in [-0.1, -0.05) is 66.2 Å². The van der Waals surface area contributed by atoms with Crippen molar-refractivity contribution in [2.75, 3.05) is 5.32 Å². The number of amides is 2. The summed E-state index contributed by atoms with van der Waals surface area (Å²) in [6.45, 7) is 4.80. The van der Waals surface area contributed by atoms with E-state index in [-0.39, 0.29) is 6.03 Å². The van der Waals surface area contributed by atoms with Crippen LogP contribution in [0.5, 0.6) is 0 Å². The molecule has 2 rings (SSSR count). The number of anilines is 1. The van der Waals surface area contributed by atoms with Crippen LogP contribution in [-0.4, -0.2) is 6.03 Å². The highest BCUT2D eigenvalue weighted by atomic mass is 79.9. The molecule has 0 saturated heterocycles. The number of nitrogens with one attached hydrogen (secondary N) is 2. The van der Waals surface area contributed by atoms with Gasteiger partial charge in [0.2, 0.25) is 0 Å². The number of benzene rings is 2. The Morgan fingerprint density at radius 2 is 1.82 bits per heavy atom. The summed E-state index contributed by atoms with van der Waals surface area (Å²) in [6.07, 6.45) is 1.04. The van der Waals surface area contributed by atoms with Crippen molar-refractivity contribution < 1.29 is 4.79 Å². The van der Waals surface area contributed by atoms with Crippen molar-refractivity contribution in [3.8, 4) is 0 Å². The van der Waals surface area contributed by atoms with Gasteiger partial charge in [0.05, 0.1) is 0 Å². The largest absolute Gasteiger partial charge is 0.334 e. The lowest BCUT2D eigenvalue weighted by molar-refractivity contribution is 0.251. The zero-order valence-electron chi connectivity index (χ0n) is 12.9. The van der Waals surface area contributed by atoms with E-state index in [4.69, 9.17) is 0 Å². The molecular weight excluding hydrogens is 340 g/mol. The molecule has 0 aromatic heterocycles. The van der Waals surface area contributed by atoms with E-state index in [9.17, 15) is 4.79 Å². The maximum Gasteiger partial charge on any atom is 0.319 e. The van der Waals surface area contributed by atoms with Crippen LogP contribution < -0.4 is 10.6 Å². The molecule has 1 unspecified atom stereocenters. The zero-order chi connectivity index (χ0) is 15.9. The smallest absolute Gasteiger partial charge is 0.319 e. The molecule has 2 N–H and O–H groups in total. The Kier molecular flexibility index (Phi) is 6.01. The van der Waals surface area contributed by atoms with Crippen LogP contribution in [0, 0.1) is 0 Å². The molecule has 0 aliphatic carbocycles. The fourth-order valence-electron chi connectivity index (χ4n) is 2.24. The van der Waals surface area contributed by atoms with Crippen molar-refractivity contribution in [1.82, 2.24) is 5.32 Å². The van der Waals surface area contributed by atoms with Crippen LogP contribution in [-0.2, 0) is 6.54 Å². The molecule has 116 valence electrons. The first-order valence-electron chi connectivity index (χ1n) is 7.49. The minimum absolute atomic E-state index is 0.188. The number of hydrogen-bond acceptors (Lipinski definition) is 1. The summed E-state index contributed by atoms with van der Waals surface area (Å²) in [5, 5.41) is 5.84. The molecular formula is C18H21BrN2O. The van der Waals surface area contributed by atoms with Crippen LogP contribution in [0.3, 0.4) is 0 Å². The number of rotatable bonds is 5. The Morgan fingerprint density at radius 1 is 1.14 bits per heavy atom. The van der Waals surface area contributed by atoms with Gasteiger partial charge in [0, 0.05) is 16.7 Å². The summed E-state index contributed by atoms with van der Waals surface area (Å²) in [5.74, 6) is 0.416. The van der Waals surface area contributed by atoms with E-state index in [2.05, 4.69) is 46.5 Å². The SMILES string of the molecule is CCC(C)c1ccccc1NC(=O)NCc1ccccc1Br. The Bertz CT molecular complexity index is 642. The lowest BCUT2D eigenvalue weighted by atomic mass is 9.97. The topological polar surface area (TPSA) is 41.1 Å². The van der Waals surface area contributed by atoms with Crippen LogP contribution in [0.4, 0.5) is 10.5 Å². The second-order valence-electron chi connectivity index (χ2n) is 5.30. The minimum atomic E-state index is -0.188. The van der Waals surface area contributed by atoms with Crippen LogP contribution in [0.25, 0.3) is 0 Å². The first-order valence-corrected chi connectivity index (χ1v) is 8.28. The predicted molar refractivity (Wildman–Crippen MR) is 95.1 cm³/mol. The maximum absolute atomic E-state index is 12.1. The first kappa shape index (κ1) is 16.6. The molecule has 0 bridgehead atoms. The predicted octanol–water partition coefficient (Wildman–Crippen LogP) is 5.28. The number of hydrogen-bond donors (Lipinski definition) is 2. The minimum Gasteiger partial charge on any atom is -0.334 e. The van der Waals surface area contributed by atoms with Gasteiger partial charge < -0.3 is 10.6 Å². The van der Waals surface area contributed by atoms with Gasteiger partial charge in [-0.05, 0) is 35.6 Å². The fourth-order valence-corrected chi connectivity index (χ4v) is 2.67. The van der Waals surface area contributed by atoms with Crippen molar-refractivity contribution in [3.63, 3.8) is 0 Å². The van der Waals surface area contributed by atoms with E-state index in [1.807, 2.05) is 42.5 Å². The van der Waals surface area contributed by atoms with Gasteiger partial charge in [-0.25, -0.2) is 4.79 Å². The van der Waals surface area contributed by atoms with Gasteiger partial charge >= 0.3 is 6.03 Å². The molecule has 3 nitrogen and oxygen atoms in total. The number of carbonyl (C=O) groups excluding carboxylic acids is 1. The van der Waals surface area contributed by atoms with Gasteiger partial charge in [0.1, 0.15) is 0 Å². The van der Waals surface area contributed by atoms with Crippen molar-refractivity contribution >= 4 is 27.6 Å². The normalized spacial score (nSPS) is 11.8. The molecule has 0 saturated carbocycles. The first-order chi connectivity index (χ1) is 10.6. The van der Waals surface area contributed by atoms with Crippen molar-refractivity contribution in [3.05, 3.63) is 64.1 Å². The summed E-state index contributed by atoms with van der Waals surface area (Å²) in [4.78, 5) is 12.1. The van der Waals surface area contributed by atoms with Gasteiger partial charge in [0.25, 0.3) is 0 Å². The molecule has 0 aliphatic heterocycles. The Hall–Kier alpha value is -1.81. The second-order valence-corrected chi connectivity index (χ2v) is 6.15. The van der Waals surface area contributed by atoms with E-state index in [1.54, 1.807) is 0 Å². The molecule has 0 aliphatic rings. The number of urea groups is 1. The highest BCUT2D eigenvalue weighted by molar-refractivity contribution is 9.10. The fraction of sp³-hybridized carbons (Fsp3) is 0.278. The molecule has 2 aromatic rings. The number of carbonyl (C=O) groups is 1. The molecule has 0 spiro atoms. The number of para-hydroxylation sites is 1. The highest BCUT2D eigenvalue weighted by Crippen LogP contribution is 2.26. The summed E-state index contributed by atoms with van der Waals surface area (Å²) in [7, 11) is 0. The van der Waals surface area contributed by atoms with E-state index in [0.29, 0.717) is 12.5 Å². The third-order valence-corrected chi connectivity index (χ3v) is 4.52. The van der Waals surface area contributed by atoms with Crippen molar-refractivity contribution in [2.24, 2.45) is 0 Å². The molecule has 0 radical (unpaired) electrons. The summed E-state index contributed by atoms with van der Waals surface area (Å²) in [5.41, 5.74) is 3.09. The Morgan fingerprint density at radius 3 is 2.55 bits per heavy atom. The summed E-state index contributed by atoms with van der Waals surface area (Å²) < 4.78 is 0.996. The monoisotopic (exact) mass is 360 g/mol. The molecule has 2 amide bonds. The third-order valence-electron chi connectivity index (χ3n) is 3.75. The Balaban J connectivity index is 1.99. The lowest BCUT2D eigenvalue weighted by Gasteiger charge is -2.16. The average molecular weight is 361 g/mol. The average Bonchev–Trinajstić information content (AvgIpc) is 2.54. The summed E-state index contributed by atoms with van der Waals surface area (Å²) >= 11 is 3.48. The second kappa shape index (κ2) is 7.99. The van der Waals surface area contributed by atoms with Crippen LogP contribution >= 0.6 is 15.9 Å². The summed E-state index contributed by atoms with van der Waals surface area (Å²) in [6, 6.07) is 15.6. The van der Waals surface area contributed by atoms with E-state index in [0.717, 1.165) is 22.1 Å². The maximum atomic E-state index is 12.1. The molecule has 4 heteroatoms. The quantitative estimate of drug-likeness (QED) is 0.747. The van der Waals surface area contributed by atoms with Crippen LogP contribution in [0.2, 0.25) is 0 Å². The number of halogens is 1. The van der Waals surface area contributed by atoms with Crippen molar-refractivity contribution in [2.45, 2.75) is 32.7 Å². The molecule has 2 aromatic carbocycles. The third kappa shape index (κ3) is 4.34. The Labute approximate surface area is 140 Å². The highest BCUT2D eigenvalue weighted by Gasteiger charge is 2.11. The van der Waals surface area contributed by atoms with E-state index in [1.165, 1.54) is 5.56 Å². The van der Waals surface area contributed by atoms with Gasteiger partial charge in [-0.3, -0.25) is 0 Å². The molecule has 1 atom stereocenters. The molecule has 22 heavy (non-hydrogen) atoms. The molecule has 0 heterocycles. The van der Waals surface area contributed by atoms with Crippen molar-refractivity contribution in [1.29, 1.82) is 0 Å². The van der Waals surface area contributed by atoms with Gasteiger partial charge in [-0.2, -0.15) is 0 Å². The van der Waals surface area contributed by atoms with E-state index < -0.39 is 0 Å². The standard InChI is InChI=1S/C18H21BrN2O/c1-3-13(2)15-9-5-7-11-17(15)21-18(22)20-12-14-8-4-6-10-16(14)19/h4-11,13H,3,12H2,1-2H3,(H2,20,21,22). The van der Waals surface area contributed by atoms with Crippen LogP contribution in [0.1, 0.15) is 37.3 Å². The lowest BCUT2D eigenvalue weighted by Crippen LogP contribution is -2.28. The van der Waals surface area contributed by atoms with E-state index >= 15 is 0 Å². The van der Waals surface area contributed by atoms with Crippen LogP contribution in [0.15, 0.2) is 53.0 Å². The van der Waals surface area contributed by atoms with Gasteiger partial charge in [-0.15, -0.1) is 0 Å². The van der Waals surface area contributed by atoms with Gasteiger partial charge in [0.15, 0.2) is 0 Å².